The highest BCUT2D eigenvalue weighted by atomic mass is 32.2. The summed E-state index contributed by atoms with van der Waals surface area (Å²) in [6, 6.07) is 0. The Balaban J connectivity index is 2.19. The first kappa shape index (κ1) is 11.9. The van der Waals surface area contributed by atoms with Crippen LogP contribution in [-0.2, 0) is 31.1 Å². The van der Waals surface area contributed by atoms with Gasteiger partial charge in [-0.3, -0.25) is 4.55 Å². The highest BCUT2D eigenvalue weighted by molar-refractivity contribution is 7.85. The third-order valence-electron chi connectivity index (χ3n) is 2.16. The highest BCUT2D eigenvalue weighted by Gasteiger charge is 2.35. The second kappa shape index (κ2) is 4.04. The maximum absolute atomic E-state index is 10.7. The Bertz CT molecular complexity index is 474. The molecule has 0 bridgehead atoms. The summed E-state index contributed by atoms with van der Waals surface area (Å²) in [5.41, 5.74) is 0.536. The Hall–Kier alpha value is -0.540. The van der Waals surface area contributed by atoms with Crippen LogP contribution in [0.5, 0.6) is 0 Å². The van der Waals surface area contributed by atoms with Crippen molar-refractivity contribution >= 4 is 21.5 Å². The van der Waals surface area contributed by atoms with E-state index in [2.05, 4.69) is 4.98 Å². The van der Waals surface area contributed by atoms with Crippen molar-refractivity contribution in [3.63, 3.8) is 0 Å². The smallest absolute Gasteiger partial charge is 0.271 e. The van der Waals surface area contributed by atoms with Crippen molar-refractivity contribution in [3.8, 4) is 0 Å². The minimum Gasteiger partial charge on any atom is -0.342 e. The molecule has 0 spiro atoms. The van der Waals surface area contributed by atoms with Gasteiger partial charge in [0.2, 0.25) is 5.79 Å². The second-order valence-electron chi connectivity index (χ2n) is 3.50. The van der Waals surface area contributed by atoms with Gasteiger partial charge in [0.25, 0.3) is 10.1 Å². The van der Waals surface area contributed by atoms with E-state index in [1.165, 1.54) is 0 Å². The van der Waals surface area contributed by atoms with Crippen molar-refractivity contribution < 1.29 is 22.4 Å². The fourth-order valence-corrected chi connectivity index (χ4v) is 3.17. The topological polar surface area (TPSA) is 85.7 Å². The zero-order valence-electron chi connectivity index (χ0n) is 8.54. The average Bonchev–Trinajstić information content (AvgIpc) is 2.72. The molecule has 1 aromatic heterocycles. The van der Waals surface area contributed by atoms with E-state index < -0.39 is 21.7 Å². The molecule has 1 fully saturated rings. The molecule has 1 saturated heterocycles. The van der Waals surface area contributed by atoms with E-state index in [-0.39, 0.29) is 0 Å². The van der Waals surface area contributed by atoms with Crippen LogP contribution < -0.4 is 0 Å². The maximum atomic E-state index is 10.7. The van der Waals surface area contributed by atoms with E-state index in [0.717, 1.165) is 11.3 Å². The molecule has 0 radical (unpaired) electrons. The summed E-state index contributed by atoms with van der Waals surface area (Å²) in [4.78, 5) is 4.08. The first-order valence-electron chi connectivity index (χ1n) is 4.57. The molecule has 0 atom stereocenters. The number of rotatable bonds is 3. The molecule has 16 heavy (non-hydrogen) atoms. The van der Waals surface area contributed by atoms with Crippen LogP contribution >= 0.6 is 11.3 Å². The number of nitrogens with zero attached hydrogens (tertiary/aromatic N) is 1. The summed E-state index contributed by atoms with van der Waals surface area (Å²) < 4.78 is 40.8. The van der Waals surface area contributed by atoms with Crippen molar-refractivity contribution in [1.82, 2.24) is 4.98 Å². The number of hydrogen-bond donors (Lipinski definition) is 1. The van der Waals surface area contributed by atoms with Crippen LogP contribution in [0.15, 0.2) is 5.38 Å². The molecule has 1 N–H and O–H groups in total. The second-order valence-corrected chi connectivity index (χ2v) is 5.89. The lowest BCUT2D eigenvalue weighted by Crippen LogP contribution is -2.22. The first-order valence-corrected chi connectivity index (χ1v) is 7.06. The van der Waals surface area contributed by atoms with Gasteiger partial charge < -0.3 is 9.47 Å². The van der Waals surface area contributed by atoms with Crippen LogP contribution in [-0.4, -0.2) is 31.2 Å². The summed E-state index contributed by atoms with van der Waals surface area (Å²) in [5, 5.41) is 1.99. The molecule has 0 aliphatic carbocycles. The van der Waals surface area contributed by atoms with Crippen molar-refractivity contribution in [2.45, 2.75) is 18.5 Å². The average molecular weight is 265 g/mol. The monoisotopic (exact) mass is 265 g/mol. The molecular weight excluding hydrogens is 254 g/mol. The summed E-state index contributed by atoms with van der Waals surface area (Å²) in [6.45, 7) is 2.70. The molecule has 90 valence electrons. The standard InChI is InChI=1S/C8H11NO5S2/c1-8(13-2-3-14-8)6-4-15-7(9-6)5-16(10,11)12/h4H,2-3,5H2,1H3,(H,10,11,12). The Morgan fingerprint density at radius 3 is 2.75 bits per heavy atom. The molecule has 0 aromatic carbocycles. The van der Waals surface area contributed by atoms with Gasteiger partial charge in [-0.15, -0.1) is 11.3 Å². The van der Waals surface area contributed by atoms with Crippen molar-refractivity contribution in [3.05, 3.63) is 16.1 Å². The van der Waals surface area contributed by atoms with Gasteiger partial charge in [0.1, 0.15) is 16.5 Å². The molecule has 0 saturated carbocycles. The molecule has 0 unspecified atom stereocenters. The molecule has 0 amide bonds. The van der Waals surface area contributed by atoms with Gasteiger partial charge in [0.05, 0.1) is 13.2 Å². The van der Waals surface area contributed by atoms with Gasteiger partial charge in [0, 0.05) is 5.38 Å². The molecule has 6 nitrogen and oxygen atoms in total. The summed E-state index contributed by atoms with van der Waals surface area (Å²) in [5.74, 6) is -1.37. The SMILES string of the molecule is CC1(c2csc(CS(=O)(=O)O)n2)OCCO1. The van der Waals surface area contributed by atoms with Gasteiger partial charge in [-0.05, 0) is 6.92 Å². The summed E-state index contributed by atoms with van der Waals surface area (Å²) >= 11 is 1.15. The highest BCUT2D eigenvalue weighted by Crippen LogP contribution is 2.31. The van der Waals surface area contributed by atoms with E-state index in [1.807, 2.05) is 0 Å². The lowest BCUT2D eigenvalue weighted by atomic mass is 10.2. The minimum atomic E-state index is -4.04. The minimum absolute atomic E-state index is 0.317. The molecule has 1 aliphatic heterocycles. The van der Waals surface area contributed by atoms with Crippen LogP contribution in [0.25, 0.3) is 0 Å². The van der Waals surface area contributed by atoms with Crippen LogP contribution in [0.3, 0.4) is 0 Å². The number of ether oxygens (including phenoxy) is 2. The van der Waals surface area contributed by atoms with Crippen LogP contribution in [0.1, 0.15) is 17.6 Å². The van der Waals surface area contributed by atoms with Crippen molar-refractivity contribution in [2.24, 2.45) is 0 Å². The van der Waals surface area contributed by atoms with E-state index in [4.69, 9.17) is 14.0 Å². The lowest BCUT2D eigenvalue weighted by Gasteiger charge is -2.19. The fourth-order valence-electron chi connectivity index (χ4n) is 1.40. The molecule has 1 aromatic rings. The molecule has 2 heterocycles. The van der Waals surface area contributed by atoms with Gasteiger partial charge in [0.15, 0.2) is 0 Å². The fraction of sp³-hybridized carbons (Fsp3) is 0.625. The predicted octanol–water partition coefficient (Wildman–Crippen LogP) is 0.750. The largest absolute Gasteiger partial charge is 0.342 e. The maximum Gasteiger partial charge on any atom is 0.271 e. The third-order valence-corrected chi connectivity index (χ3v) is 3.83. The Kier molecular flexibility index (Phi) is 3.01. The first-order chi connectivity index (χ1) is 7.39. The molecule has 8 heteroatoms. The molecule has 1 aliphatic rings. The lowest BCUT2D eigenvalue weighted by molar-refractivity contribution is -0.152. The van der Waals surface area contributed by atoms with E-state index in [9.17, 15) is 8.42 Å². The van der Waals surface area contributed by atoms with Gasteiger partial charge >= 0.3 is 0 Å². The van der Waals surface area contributed by atoms with Gasteiger partial charge in [-0.2, -0.15) is 8.42 Å². The zero-order valence-corrected chi connectivity index (χ0v) is 10.2. The molecular formula is C8H11NO5S2. The van der Waals surface area contributed by atoms with Gasteiger partial charge in [-0.1, -0.05) is 0 Å². The van der Waals surface area contributed by atoms with E-state index in [0.29, 0.717) is 23.9 Å². The predicted molar refractivity (Wildman–Crippen MR) is 56.6 cm³/mol. The van der Waals surface area contributed by atoms with E-state index >= 15 is 0 Å². The Morgan fingerprint density at radius 2 is 2.19 bits per heavy atom. The summed E-state index contributed by atoms with van der Waals surface area (Å²) in [6.07, 6.45) is 0. The van der Waals surface area contributed by atoms with Crippen molar-refractivity contribution in [2.75, 3.05) is 13.2 Å². The Labute approximate surface area is 97.0 Å². The van der Waals surface area contributed by atoms with Crippen LogP contribution in [0, 0.1) is 0 Å². The zero-order chi connectivity index (χ0) is 11.8. The summed E-state index contributed by atoms with van der Waals surface area (Å²) in [7, 11) is -4.04. The number of hydrogen-bond acceptors (Lipinski definition) is 6. The third kappa shape index (κ3) is 2.58. The Morgan fingerprint density at radius 1 is 1.56 bits per heavy atom. The van der Waals surface area contributed by atoms with Crippen LogP contribution in [0.2, 0.25) is 0 Å². The quantitative estimate of drug-likeness (QED) is 0.812. The van der Waals surface area contributed by atoms with Crippen LogP contribution in [0.4, 0.5) is 0 Å². The number of thiazole rings is 1. The van der Waals surface area contributed by atoms with Gasteiger partial charge in [-0.25, -0.2) is 4.98 Å². The van der Waals surface area contributed by atoms with Crippen molar-refractivity contribution in [1.29, 1.82) is 0 Å². The molecule has 2 rings (SSSR count). The van der Waals surface area contributed by atoms with E-state index in [1.54, 1.807) is 12.3 Å². The normalized spacial score (nSPS) is 20.1. The number of aromatic nitrogens is 1.